The van der Waals surface area contributed by atoms with Crippen LogP contribution in [0.5, 0.6) is 5.75 Å². The van der Waals surface area contributed by atoms with Crippen LogP contribution in [0.4, 0.5) is 0 Å². The van der Waals surface area contributed by atoms with E-state index in [2.05, 4.69) is 30.6 Å². The van der Waals surface area contributed by atoms with Gasteiger partial charge in [0, 0.05) is 17.4 Å². The highest BCUT2D eigenvalue weighted by Gasteiger charge is 2.01. The maximum Gasteiger partial charge on any atom is 0.119 e. The molecule has 0 aliphatic heterocycles. The van der Waals surface area contributed by atoms with Crippen LogP contribution in [0.2, 0.25) is 0 Å². The topological polar surface area (TPSA) is 21.3 Å². The van der Waals surface area contributed by atoms with E-state index in [1.165, 1.54) is 4.90 Å². The van der Waals surface area contributed by atoms with E-state index in [1.807, 2.05) is 19.2 Å². The smallest absolute Gasteiger partial charge is 0.119 e. The zero-order valence-corrected chi connectivity index (χ0v) is 10.4. The number of hydrogen-bond donors (Lipinski definition) is 1. The molecule has 1 N–H and O–H groups in total. The molecule has 2 nitrogen and oxygen atoms in total. The first-order chi connectivity index (χ1) is 7.26. The first-order valence-corrected chi connectivity index (χ1v) is 6.40. The highest BCUT2D eigenvalue weighted by molar-refractivity contribution is 7.98. The van der Waals surface area contributed by atoms with Crippen molar-refractivity contribution in [1.29, 1.82) is 0 Å². The summed E-state index contributed by atoms with van der Waals surface area (Å²) >= 11 is 1.74. The molecule has 0 aliphatic carbocycles. The molecule has 0 saturated heterocycles. The molecular formula is C12H19NOS. The van der Waals surface area contributed by atoms with E-state index in [9.17, 15) is 0 Å². The van der Waals surface area contributed by atoms with Crippen molar-refractivity contribution in [3.63, 3.8) is 0 Å². The molecule has 1 aromatic rings. The van der Waals surface area contributed by atoms with E-state index < -0.39 is 0 Å². The third-order valence-electron chi connectivity index (χ3n) is 2.15. The Labute approximate surface area is 96.4 Å². The molecule has 0 saturated carbocycles. The van der Waals surface area contributed by atoms with E-state index in [0.29, 0.717) is 5.92 Å². The third-order valence-corrected chi connectivity index (χ3v) is 2.89. The van der Waals surface area contributed by atoms with Crippen LogP contribution in [0.1, 0.15) is 6.92 Å². The van der Waals surface area contributed by atoms with Gasteiger partial charge in [-0.05, 0) is 37.6 Å². The molecule has 0 amide bonds. The number of ether oxygens (including phenoxy) is 1. The molecular weight excluding hydrogens is 206 g/mol. The van der Waals surface area contributed by atoms with Gasteiger partial charge in [0.25, 0.3) is 0 Å². The Hall–Kier alpha value is -0.670. The molecule has 15 heavy (non-hydrogen) atoms. The summed E-state index contributed by atoms with van der Waals surface area (Å²) in [5.41, 5.74) is 0. The average molecular weight is 225 g/mol. The van der Waals surface area contributed by atoms with Gasteiger partial charge in [-0.15, -0.1) is 11.8 Å². The molecule has 1 aromatic carbocycles. The minimum absolute atomic E-state index is 0.537. The minimum Gasteiger partial charge on any atom is -0.493 e. The van der Waals surface area contributed by atoms with Crippen LogP contribution in [0.25, 0.3) is 0 Å². The Balaban J connectivity index is 2.37. The van der Waals surface area contributed by atoms with Gasteiger partial charge < -0.3 is 10.1 Å². The Kier molecular flexibility index (Phi) is 5.58. The van der Waals surface area contributed by atoms with Crippen molar-refractivity contribution in [1.82, 2.24) is 5.32 Å². The number of nitrogens with one attached hydrogen (secondary N) is 1. The van der Waals surface area contributed by atoms with Crippen LogP contribution in [-0.4, -0.2) is 26.5 Å². The average Bonchev–Trinajstić information content (AvgIpc) is 2.27. The molecule has 0 radical (unpaired) electrons. The van der Waals surface area contributed by atoms with Crippen molar-refractivity contribution >= 4 is 11.8 Å². The molecule has 0 spiro atoms. The second kappa shape index (κ2) is 6.75. The van der Waals surface area contributed by atoms with Crippen LogP contribution in [0.15, 0.2) is 29.2 Å². The molecule has 3 heteroatoms. The first-order valence-electron chi connectivity index (χ1n) is 5.17. The number of hydrogen-bond acceptors (Lipinski definition) is 3. The van der Waals surface area contributed by atoms with Gasteiger partial charge in [-0.1, -0.05) is 6.92 Å². The van der Waals surface area contributed by atoms with Crippen LogP contribution >= 0.6 is 11.8 Å². The summed E-state index contributed by atoms with van der Waals surface area (Å²) in [6, 6.07) is 8.22. The molecule has 0 aromatic heterocycles. The van der Waals surface area contributed by atoms with Crippen LogP contribution in [0.3, 0.4) is 0 Å². The fourth-order valence-corrected chi connectivity index (χ4v) is 1.73. The van der Waals surface area contributed by atoms with Crippen LogP contribution in [0, 0.1) is 5.92 Å². The molecule has 84 valence electrons. The van der Waals surface area contributed by atoms with E-state index in [-0.39, 0.29) is 0 Å². The van der Waals surface area contributed by atoms with Gasteiger partial charge in [-0.25, -0.2) is 0 Å². The summed E-state index contributed by atoms with van der Waals surface area (Å²) in [6.45, 7) is 3.93. The first kappa shape index (κ1) is 12.4. The lowest BCUT2D eigenvalue weighted by Gasteiger charge is -2.12. The predicted octanol–water partition coefficient (Wildman–Crippen LogP) is 2.64. The summed E-state index contributed by atoms with van der Waals surface area (Å²) < 4.78 is 5.67. The molecule has 1 atom stereocenters. The minimum atomic E-state index is 0.537. The van der Waals surface area contributed by atoms with Crippen molar-refractivity contribution in [2.45, 2.75) is 11.8 Å². The van der Waals surface area contributed by atoms with Crippen molar-refractivity contribution in [2.75, 3.05) is 26.5 Å². The SMILES string of the molecule is CNCC(C)COc1ccc(SC)cc1. The van der Waals surface area contributed by atoms with E-state index in [1.54, 1.807) is 11.8 Å². The zero-order chi connectivity index (χ0) is 11.1. The maximum absolute atomic E-state index is 5.67. The summed E-state index contributed by atoms with van der Waals surface area (Å²) in [5.74, 6) is 1.49. The molecule has 0 aliphatic rings. The van der Waals surface area contributed by atoms with Crippen molar-refractivity contribution in [3.05, 3.63) is 24.3 Å². The molecule has 0 fully saturated rings. The van der Waals surface area contributed by atoms with Crippen molar-refractivity contribution in [2.24, 2.45) is 5.92 Å². The van der Waals surface area contributed by atoms with Gasteiger partial charge in [0.05, 0.1) is 6.61 Å². The fourth-order valence-electron chi connectivity index (χ4n) is 1.32. The summed E-state index contributed by atoms with van der Waals surface area (Å²) in [4.78, 5) is 1.27. The summed E-state index contributed by atoms with van der Waals surface area (Å²) in [7, 11) is 1.96. The Bertz CT molecular complexity index is 273. The molecule has 1 rings (SSSR count). The van der Waals surface area contributed by atoms with Gasteiger partial charge in [0.2, 0.25) is 0 Å². The van der Waals surface area contributed by atoms with Crippen LogP contribution in [-0.2, 0) is 0 Å². The van der Waals surface area contributed by atoms with E-state index in [4.69, 9.17) is 4.74 Å². The Morgan fingerprint density at radius 2 is 2.00 bits per heavy atom. The van der Waals surface area contributed by atoms with Gasteiger partial charge in [-0.2, -0.15) is 0 Å². The largest absolute Gasteiger partial charge is 0.493 e. The Morgan fingerprint density at radius 1 is 1.33 bits per heavy atom. The van der Waals surface area contributed by atoms with E-state index in [0.717, 1.165) is 18.9 Å². The number of benzene rings is 1. The summed E-state index contributed by atoms with van der Waals surface area (Å²) in [6.07, 6.45) is 2.07. The maximum atomic E-state index is 5.67. The van der Waals surface area contributed by atoms with Crippen molar-refractivity contribution in [3.8, 4) is 5.75 Å². The lowest BCUT2D eigenvalue weighted by Crippen LogP contribution is -2.21. The Morgan fingerprint density at radius 3 is 2.53 bits per heavy atom. The predicted molar refractivity (Wildman–Crippen MR) is 66.8 cm³/mol. The highest BCUT2D eigenvalue weighted by atomic mass is 32.2. The molecule has 0 heterocycles. The normalized spacial score (nSPS) is 12.5. The quantitative estimate of drug-likeness (QED) is 0.752. The lowest BCUT2D eigenvalue weighted by atomic mass is 10.2. The fraction of sp³-hybridized carbons (Fsp3) is 0.500. The van der Waals surface area contributed by atoms with Gasteiger partial charge in [0.1, 0.15) is 5.75 Å². The molecule has 0 bridgehead atoms. The second-order valence-corrected chi connectivity index (χ2v) is 4.53. The van der Waals surface area contributed by atoms with Gasteiger partial charge in [-0.3, -0.25) is 0 Å². The standard InChI is InChI=1S/C12H19NOS/c1-10(8-13-2)9-14-11-4-6-12(15-3)7-5-11/h4-7,10,13H,8-9H2,1-3H3. The van der Waals surface area contributed by atoms with Gasteiger partial charge in [0.15, 0.2) is 0 Å². The zero-order valence-electron chi connectivity index (χ0n) is 9.62. The number of rotatable bonds is 6. The van der Waals surface area contributed by atoms with Crippen molar-refractivity contribution < 1.29 is 4.74 Å². The van der Waals surface area contributed by atoms with Crippen LogP contribution < -0.4 is 10.1 Å². The second-order valence-electron chi connectivity index (χ2n) is 3.65. The van der Waals surface area contributed by atoms with Gasteiger partial charge >= 0.3 is 0 Å². The summed E-state index contributed by atoms with van der Waals surface area (Å²) in [5, 5.41) is 3.14. The van der Waals surface area contributed by atoms with E-state index >= 15 is 0 Å². The molecule has 1 unspecified atom stereocenters. The monoisotopic (exact) mass is 225 g/mol. The number of thioether (sulfide) groups is 1. The lowest BCUT2D eigenvalue weighted by molar-refractivity contribution is 0.258. The highest BCUT2D eigenvalue weighted by Crippen LogP contribution is 2.19. The third kappa shape index (κ3) is 4.58.